The molecule has 1 saturated heterocycles. The van der Waals surface area contributed by atoms with E-state index in [1.54, 1.807) is 7.11 Å². The quantitative estimate of drug-likeness (QED) is 0.871. The maximum atomic E-state index is 12.2. The van der Waals surface area contributed by atoms with Crippen LogP contribution in [0.2, 0.25) is 0 Å². The van der Waals surface area contributed by atoms with Gasteiger partial charge in [0, 0.05) is 25.2 Å². The molecular formula is C15H21N3O3. The number of piperidine rings is 1. The van der Waals surface area contributed by atoms with Gasteiger partial charge in [-0.05, 0) is 18.9 Å². The highest BCUT2D eigenvalue weighted by Crippen LogP contribution is 2.19. The highest BCUT2D eigenvalue weighted by Gasteiger charge is 2.27. The van der Waals surface area contributed by atoms with E-state index >= 15 is 0 Å². The molecule has 1 aliphatic rings. The van der Waals surface area contributed by atoms with Gasteiger partial charge in [0.05, 0.1) is 13.0 Å². The fourth-order valence-electron chi connectivity index (χ4n) is 2.57. The second-order valence-electron chi connectivity index (χ2n) is 5.15. The van der Waals surface area contributed by atoms with Gasteiger partial charge in [-0.25, -0.2) is 4.79 Å². The largest absolute Gasteiger partial charge is 0.496 e. The summed E-state index contributed by atoms with van der Waals surface area (Å²) in [6.07, 6.45) is 1.58. The second-order valence-corrected chi connectivity index (χ2v) is 5.15. The number of rotatable bonds is 4. The molecule has 0 unspecified atom stereocenters. The van der Waals surface area contributed by atoms with E-state index in [9.17, 15) is 9.59 Å². The van der Waals surface area contributed by atoms with Gasteiger partial charge < -0.3 is 20.7 Å². The Morgan fingerprint density at radius 1 is 1.43 bits per heavy atom. The van der Waals surface area contributed by atoms with Crippen molar-refractivity contribution in [1.82, 2.24) is 10.2 Å². The van der Waals surface area contributed by atoms with Crippen LogP contribution < -0.4 is 15.8 Å². The van der Waals surface area contributed by atoms with Crippen LogP contribution in [0.4, 0.5) is 4.79 Å². The summed E-state index contributed by atoms with van der Waals surface area (Å²) in [7, 11) is 1.60. The Morgan fingerprint density at radius 2 is 2.19 bits per heavy atom. The number of primary amides is 1. The fraction of sp³-hybridized carbons (Fsp3) is 0.467. The van der Waals surface area contributed by atoms with Gasteiger partial charge in [-0.15, -0.1) is 0 Å². The predicted octanol–water partition coefficient (Wildman–Crippen LogP) is 1.10. The number of nitrogens with one attached hydrogen (secondary N) is 1. The summed E-state index contributed by atoms with van der Waals surface area (Å²) in [4.78, 5) is 24.9. The maximum absolute atomic E-state index is 12.2. The van der Waals surface area contributed by atoms with Gasteiger partial charge in [0.15, 0.2) is 0 Å². The van der Waals surface area contributed by atoms with Crippen LogP contribution in [0.5, 0.6) is 5.75 Å². The number of para-hydroxylation sites is 1. The molecule has 0 saturated carbocycles. The van der Waals surface area contributed by atoms with E-state index in [-0.39, 0.29) is 11.8 Å². The lowest BCUT2D eigenvalue weighted by atomic mass is 9.97. The number of carbonyl (C=O) groups is 2. The van der Waals surface area contributed by atoms with Crippen molar-refractivity contribution >= 4 is 11.9 Å². The molecule has 114 valence electrons. The molecule has 1 aliphatic heterocycles. The lowest BCUT2D eigenvalue weighted by Gasteiger charge is -2.30. The molecule has 1 atom stereocenters. The highest BCUT2D eigenvalue weighted by atomic mass is 16.5. The molecule has 6 heteroatoms. The predicted molar refractivity (Wildman–Crippen MR) is 78.7 cm³/mol. The van der Waals surface area contributed by atoms with Crippen LogP contribution in [0.25, 0.3) is 0 Å². The Morgan fingerprint density at radius 3 is 2.90 bits per heavy atom. The molecule has 3 amide bonds. The number of benzene rings is 1. The SMILES string of the molecule is COc1ccccc1CNC(=O)[C@@H]1CCCN(C(N)=O)C1. The molecule has 1 aromatic rings. The van der Waals surface area contributed by atoms with Crippen molar-refractivity contribution < 1.29 is 14.3 Å². The summed E-state index contributed by atoms with van der Waals surface area (Å²) in [5.74, 6) is 0.507. The molecule has 3 N–H and O–H groups in total. The van der Waals surface area contributed by atoms with Crippen molar-refractivity contribution in [2.75, 3.05) is 20.2 Å². The first kappa shape index (κ1) is 15.2. The van der Waals surface area contributed by atoms with Gasteiger partial charge in [0.2, 0.25) is 5.91 Å². The summed E-state index contributed by atoms with van der Waals surface area (Å²) in [5.41, 5.74) is 6.20. The summed E-state index contributed by atoms with van der Waals surface area (Å²) < 4.78 is 5.25. The van der Waals surface area contributed by atoms with Gasteiger partial charge in [-0.1, -0.05) is 18.2 Å². The number of ether oxygens (including phenoxy) is 1. The Bertz CT molecular complexity index is 519. The molecular weight excluding hydrogens is 270 g/mol. The van der Waals surface area contributed by atoms with Crippen molar-refractivity contribution in [3.05, 3.63) is 29.8 Å². The van der Waals surface area contributed by atoms with Crippen molar-refractivity contribution in [1.29, 1.82) is 0 Å². The number of amides is 3. The smallest absolute Gasteiger partial charge is 0.314 e. The highest BCUT2D eigenvalue weighted by molar-refractivity contribution is 5.80. The third-order valence-corrected chi connectivity index (χ3v) is 3.75. The number of hydrogen-bond acceptors (Lipinski definition) is 3. The monoisotopic (exact) mass is 291 g/mol. The zero-order chi connectivity index (χ0) is 15.2. The van der Waals surface area contributed by atoms with E-state index in [0.717, 1.165) is 24.2 Å². The van der Waals surface area contributed by atoms with Crippen LogP contribution in [-0.2, 0) is 11.3 Å². The molecule has 0 bridgehead atoms. The lowest BCUT2D eigenvalue weighted by molar-refractivity contribution is -0.126. The topological polar surface area (TPSA) is 84.7 Å². The lowest BCUT2D eigenvalue weighted by Crippen LogP contribution is -2.47. The average Bonchev–Trinajstić information content (AvgIpc) is 2.52. The number of methoxy groups -OCH3 is 1. The van der Waals surface area contributed by atoms with Crippen LogP contribution in [0.3, 0.4) is 0 Å². The number of carbonyl (C=O) groups excluding carboxylic acids is 2. The normalized spacial score (nSPS) is 18.1. The number of urea groups is 1. The first-order chi connectivity index (χ1) is 10.1. The van der Waals surface area contributed by atoms with Gasteiger partial charge in [0.1, 0.15) is 5.75 Å². The number of nitrogens with zero attached hydrogens (tertiary/aromatic N) is 1. The van der Waals surface area contributed by atoms with Crippen LogP contribution in [-0.4, -0.2) is 37.0 Å². The molecule has 2 rings (SSSR count). The minimum Gasteiger partial charge on any atom is -0.496 e. The van der Waals surface area contributed by atoms with E-state index in [4.69, 9.17) is 10.5 Å². The van der Waals surface area contributed by atoms with Crippen molar-refractivity contribution in [3.63, 3.8) is 0 Å². The summed E-state index contributed by atoms with van der Waals surface area (Å²) in [6.45, 7) is 1.44. The zero-order valence-corrected chi connectivity index (χ0v) is 12.2. The van der Waals surface area contributed by atoms with E-state index < -0.39 is 6.03 Å². The Balaban J connectivity index is 1.91. The molecule has 1 fully saturated rings. The van der Waals surface area contributed by atoms with E-state index in [1.165, 1.54) is 4.90 Å². The summed E-state index contributed by atoms with van der Waals surface area (Å²) in [6, 6.07) is 7.10. The van der Waals surface area contributed by atoms with Gasteiger partial charge in [-0.2, -0.15) is 0 Å². The molecule has 0 radical (unpaired) electrons. The van der Waals surface area contributed by atoms with Crippen LogP contribution in [0.15, 0.2) is 24.3 Å². The molecule has 21 heavy (non-hydrogen) atoms. The number of hydrogen-bond donors (Lipinski definition) is 2. The molecule has 1 heterocycles. The second kappa shape index (κ2) is 6.97. The Labute approximate surface area is 124 Å². The van der Waals surface area contributed by atoms with E-state index in [1.807, 2.05) is 24.3 Å². The summed E-state index contributed by atoms with van der Waals surface area (Å²) in [5, 5.41) is 2.91. The maximum Gasteiger partial charge on any atom is 0.314 e. The zero-order valence-electron chi connectivity index (χ0n) is 12.2. The Hall–Kier alpha value is -2.24. The first-order valence-electron chi connectivity index (χ1n) is 7.05. The summed E-state index contributed by atoms with van der Waals surface area (Å²) >= 11 is 0. The molecule has 0 aromatic heterocycles. The van der Waals surface area contributed by atoms with Gasteiger partial charge in [-0.3, -0.25) is 4.79 Å². The molecule has 6 nitrogen and oxygen atoms in total. The number of likely N-dealkylation sites (tertiary alicyclic amines) is 1. The standard InChI is InChI=1S/C15H21N3O3/c1-21-13-7-3-2-5-11(13)9-17-14(19)12-6-4-8-18(10-12)15(16)20/h2-3,5,7,12H,4,6,8-10H2,1H3,(H2,16,20)(H,17,19)/t12-/m1/s1. The van der Waals surface area contributed by atoms with Gasteiger partial charge >= 0.3 is 6.03 Å². The third-order valence-electron chi connectivity index (χ3n) is 3.75. The average molecular weight is 291 g/mol. The number of nitrogens with two attached hydrogens (primary N) is 1. The van der Waals surface area contributed by atoms with Gasteiger partial charge in [0.25, 0.3) is 0 Å². The van der Waals surface area contributed by atoms with E-state index in [2.05, 4.69) is 5.32 Å². The molecule has 0 aliphatic carbocycles. The first-order valence-corrected chi connectivity index (χ1v) is 7.05. The minimum atomic E-state index is -0.461. The molecule has 0 spiro atoms. The van der Waals surface area contributed by atoms with Crippen molar-refractivity contribution in [3.8, 4) is 5.75 Å². The van der Waals surface area contributed by atoms with Crippen LogP contribution in [0.1, 0.15) is 18.4 Å². The fourth-order valence-corrected chi connectivity index (χ4v) is 2.57. The third kappa shape index (κ3) is 3.87. The minimum absolute atomic E-state index is 0.0492. The molecule has 1 aromatic carbocycles. The van der Waals surface area contributed by atoms with Crippen LogP contribution >= 0.6 is 0 Å². The van der Waals surface area contributed by atoms with Crippen LogP contribution in [0, 0.1) is 5.92 Å². The van der Waals surface area contributed by atoms with E-state index in [0.29, 0.717) is 19.6 Å². The van der Waals surface area contributed by atoms with Crippen molar-refractivity contribution in [2.24, 2.45) is 11.7 Å². The van der Waals surface area contributed by atoms with Crippen molar-refractivity contribution in [2.45, 2.75) is 19.4 Å². The Kier molecular flexibility index (Phi) is 5.03.